The summed E-state index contributed by atoms with van der Waals surface area (Å²) in [6.07, 6.45) is 4.92. The van der Waals surface area contributed by atoms with Gasteiger partial charge in [-0.15, -0.1) is 0 Å². The van der Waals surface area contributed by atoms with Crippen LogP contribution in [0.25, 0.3) is 0 Å². The first-order valence-electron chi connectivity index (χ1n) is 10.3. The first-order valence-corrected chi connectivity index (χ1v) is 10.3. The average molecular weight is 373 g/mol. The van der Waals surface area contributed by atoms with Crippen LogP contribution in [0.5, 0.6) is 11.5 Å². The molecule has 6 heteroatoms. The van der Waals surface area contributed by atoms with E-state index in [1.807, 2.05) is 6.07 Å². The van der Waals surface area contributed by atoms with E-state index in [0.717, 1.165) is 50.6 Å². The minimum absolute atomic E-state index is 0.193. The zero-order valence-electron chi connectivity index (χ0n) is 16.3. The Morgan fingerprint density at radius 1 is 1.07 bits per heavy atom. The van der Waals surface area contributed by atoms with Crippen molar-refractivity contribution in [2.45, 2.75) is 45.2 Å². The molecule has 1 aromatic carbocycles. The van der Waals surface area contributed by atoms with Gasteiger partial charge in [0.2, 0.25) is 12.7 Å². The standard InChI is InChI=1S/C21H31N3O3/c1-16-4-2-3-5-18(16)22-21(25)14-24-10-8-23(9-11-24)13-17-6-7-19-20(12-17)27-15-26-19/h6-7,12,16,18H,2-5,8-11,13-15H2,1H3,(H,22,25)/t16-,18+/m1/s1. The minimum Gasteiger partial charge on any atom is -0.454 e. The molecule has 1 saturated carbocycles. The maximum atomic E-state index is 12.4. The zero-order valence-corrected chi connectivity index (χ0v) is 16.3. The molecule has 1 N–H and O–H groups in total. The molecular formula is C21H31N3O3. The van der Waals surface area contributed by atoms with Gasteiger partial charge in [-0.2, -0.15) is 0 Å². The summed E-state index contributed by atoms with van der Waals surface area (Å²) in [5.74, 6) is 2.49. The van der Waals surface area contributed by atoms with Crippen molar-refractivity contribution < 1.29 is 14.3 Å². The molecule has 0 spiro atoms. The molecule has 6 nitrogen and oxygen atoms in total. The second-order valence-electron chi connectivity index (χ2n) is 8.18. The number of hydrogen-bond donors (Lipinski definition) is 1. The van der Waals surface area contributed by atoms with Gasteiger partial charge >= 0.3 is 0 Å². The third kappa shape index (κ3) is 4.74. The summed E-state index contributed by atoms with van der Waals surface area (Å²) in [4.78, 5) is 17.1. The van der Waals surface area contributed by atoms with Gasteiger partial charge in [-0.25, -0.2) is 0 Å². The number of hydrogen-bond acceptors (Lipinski definition) is 5. The first-order chi connectivity index (χ1) is 13.2. The number of fused-ring (bicyclic) bond motifs is 1. The smallest absolute Gasteiger partial charge is 0.234 e. The van der Waals surface area contributed by atoms with Crippen molar-refractivity contribution in [3.8, 4) is 11.5 Å². The Balaban J connectivity index is 1.20. The number of carbonyl (C=O) groups excluding carboxylic acids is 1. The number of nitrogens with one attached hydrogen (secondary N) is 1. The maximum absolute atomic E-state index is 12.4. The largest absolute Gasteiger partial charge is 0.454 e. The third-order valence-electron chi connectivity index (χ3n) is 6.13. The van der Waals surface area contributed by atoms with E-state index in [1.165, 1.54) is 24.8 Å². The first kappa shape index (κ1) is 18.6. The van der Waals surface area contributed by atoms with E-state index < -0.39 is 0 Å². The van der Waals surface area contributed by atoms with Crippen molar-refractivity contribution in [2.75, 3.05) is 39.5 Å². The van der Waals surface area contributed by atoms with Crippen molar-refractivity contribution in [2.24, 2.45) is 5.92 Å². The second kappa shape index (κ2) is 8.48. The normalized spacial score (nSPS) is 26.1. The van der Waals surface area contributed by atoms with Crippen LogP contribution < -0.4 is 14.8 Å². The predicted octanol–water partition coefficient (Wildman–Crippen LogP) is 2.23. The van der Waals surface area contributed by atoms with E-state index >= 15 is 0 Å². The minimum atomic E-state index is 0.193. The van der Waals surface area contributed by atoms with E-state index in [-0.39, 0.29) is 5.91 Å². The van der Waals surface area contributed by atoms with Gasteiger partial charge in [0.05, 0.1) is 6.54 Å². The molecule has 1 saturated heterocycles. The molecule has 2 aliphatic heterocycles. The lowest BCUT2D eigenvalue weighted by Gasteiger charge is -2.35. The van der Waals surface area contributed by atoms with E-state index in [4.69, 9.17) is 9.47 Å². The van der Waals surface area contributed by atoms with Crippen molar-refractivity contribution in [1.82, 2.24) is 15.1 Å². The van der Waals surface area contributed by atoms with Crippen LogP contribution in [0.15, 0.2) is 18.2 Å². The highest BCUT2D eigenvalue weighted by molar-refractivity contribution is 5.78. The molecule has 3 aliphatic rings. The summed E-state index contributed by atoms with van der Waals surface area (Å²) in [6, 6.07) is 6.55. The molecule has 0 radical (unpaired) electrons. The van der Waals surface area contributed by atoms with Crippen LogP contribution in [0.3, 0.4) is 0 Å². The molecule has 2 fully saturated rings. The molecule has 1 aromatic rings. The topological polar surface area (TPSA) is 54.0 Å². The number of nitrogens with zero attached hydrogens (tertiary/aromatic N) is 2. The highest BCUT2D eigenvalue weighted by Gasteiger charge is 2.25. The molecule has 4 rings (SSSR count). The maximum Gasteiger partial charge on any atom is 0.234 e. The summed E-state index contributed by atoms with van der Waals surface area (Å²) in [6.45, 7) is 7.88. The van der Waals surface area contributed by atoms with E-state index in [1.54, 1.807) is 0 Å². The van der Waals surface area contributed by atoms with Crippen LogP contribution >= 0.6 is 0 Å². The van der Waals surface area contributed by atoms with E-state index in [0.29, 0.717) is 25.3 Å². The highest BCUT2D eigenvalue weighted by Crippen LogP contribution is 2.32. The highest BCUT2D eigenvalue weighted by atomic mass is 16.7. The van der Waals surface area contributed by atoms with Crippen molar-refractivity contribution in [3.05, 3.63) is 23.8 Å². The number of rotatable bonds is 5. The fourth-order valence-electron chi connectivity index (χ4n) is 4.39. The number of piperazine rings is 1. The number of benzene rings is 1. The lowest BCUT2D eigenvalue weighted by atomic mass is 9.86. The van der Waals surface area contributed by atoms with Crippen LogP contribution in [0.1, 0.15) is 38.2 Å². The Morgan fingerprint density at radius 3 is 2.63 bits per heavy atom. The van der Waals surface area contributed by atoms with Crippen molar-refractivity contribution in [3.63, 3.8) is 0 Å². The van der Waals surface area contributed by atoms with Gasteiger partial charge in [-0.1, -0.05) is 25.8 Å². The fourth-order valence-corrected chi connectivity index (χ4v) is 4.39. The summed E-state index contributed by atoms with van der Waals surface area (Å²) < 4.78 is 10.8. The summed E-state index contributed by atoms with van der Waals surface area (Å²) in [7, 11) is 0. The Labute approximate surface area is 161 Å². The molecule has 1 amide bonds. The second-order valence-corrected chi connectivity index (χ2v) is 8.18. The quantitative estimate of drug-likeness (QED) is 0.858. The van der Waals surface area contributed by atoms with Gasteiger partial charge in [0.1, 0.15) is 0 Å². The van der Waals surface area contributed by atoms with Gasteiger partial charge in [0.25, 0.3) is 0 Å². The number of carbonyl (C=O) groups is 1. The number of ether oxygens (including phenoxy) is 2. The molecule has 0 aromatic heterocycles. The third-order valence-corrected chi connectivity index (χ3v) is 6.13. The van der Waals surface area contributed by atoms with Gasteiger partial charge < -0.3 is 14.8 Å². The average Bonchev–Trinajstić information content (AvgIpc) is 3.13. The molecule has 2 heterocycles. The molecule has 148 valence electrons. The zero-order chi connectivity index (χ0) is 18.6. The molecule has 0 unspecified atom stereocenters. The predicted molar refractivity (Wildman–Crippen MR) is 104 cm³/mol. The Morgan fingerprint density at radius 2 is 1.81 bits per heavy atom. The van der Waals surface area contributed by atoms with Crippen LogP contribution in [0.2, 0.25) is 0 Å². The summed E-state index contributed by atoms with van der Waals surface area (Å²) in [5, 5.41) is 3.27. The van der Waals surface area contributed by atoms with E-state index in [9.17, 15) is 4.79 Å². The molecular weight excluding hydrogens is 342 g/mol. The lowest BCUT2D eigenvalue weighted by molar-refractivity contribution is -0.124. The van der Waals surface area contributed by atoms with Crippen LogP contribution in [0, 0.1) is 5.92 Å². The van der Waals surface area contributed by atoms with Crippen molar-refractivity contribution in [1.29, 1.82) is 0 Å². The van der Waals surface area contributed by atoms with Gasteiger partial charge in [-0.3, -0.25) is 14.6 Å². The number of amides is 1. The summed E-state index contributed by atoms with van der Waals surface area (Å²) in [5.41, 5.74) is 1.25. The molecule has 0 bridgehead atoms. The van der Waals surface area contributed by atoms with Gasteiger partial charge in [0.15, 0.2) is 11.5 Å². The van der Waals surface area contributed by atoms with Crippen molar-refractivity contribution >= 4 is 5.91 Å². The molecule has 27 heavy (non-hydrogen) atoms. The van der Waals surface area contributed by atoms with Crippen LogP contribution in [0.4, 0.5) is 0 Å². The van der Waals surface area contributed by atoms with Gasteiger partial charge in [0, 0.05) is 38.8 Å². The van der Waals surface area contributed by atoms with Crippen LogP contribution in [-0.4, -0.2) is 61.3 Å². The Bertz CT molecular complexity index is 658. The Kier molecular flexibility index (Phi) is 5.83. The lowest BCUT2D eigenvalue weighted by Crippen LogP contribution is -2.51. The summed E-state index contributed by atoms with van der Waals surface area (Å²) >= 11 is 0. The molecule has 2 atom stereocenters. The Hall–Kier alpha value is -1.79. The molecule has 1 aliphatic carbocycles. The van der Waals surface area contributed by atoms with Crippen LogP contribution in [-0.2, 0) is 11.3 Å². The monoisotopic (exact) mass is 373 g/mol. The van der Waals surface area contributed by atoms with Gasteiger partial charge in [-0.05, 0) is 36.5 Å². The fraction of sp³-hybridized carbons (Fsp3) is 0.667. The SMILES string of the molecule is C[C@@H]1CCCC[C@@H]1NC(=O)CN1CCN(Cc2ccc3c(c2)OCO3)CC1. The van der Waals surface area contributed by atoms with E-state index in [2.05, 4.69) is 34.2 Å².